The van der Waals surface area contributed by atoms with Crippen molar-refractivity contribution in [1.29, 1.82) is 0 Å². The number of methoxy groups -OCH3 is 1. The monoisotopic (exact) mass is 458 g/mol. The molecule has 8 heteroatoms. The van der Waals surface area contributed by atoms with Gasteiger partial charge in [-0.05, 0) is 26.3 Å². The lowest BCUT2D eigenvalue weighted by atomic mass is 10.2. The van der Waals surface area contributed by atoms with Crippen LogP contribution >= 0.6 is 24.0 Å². The molecule has 1 saturated heterocycles. The molecule has 0 bridgehead atoms. The standard InChI is InChI=1S/C16H34N4O3.HI/c1-17-16(19-8-9-20(2)10-13-21-3)18-7-5-11-22-14-15-6-4-12-23-15;/h15H,4-14H2,1-3H3,(H2,17,18,19);1H. The number of guanidine groups is 1. The maximum Gasteiger partial charge on any atom is 0.191 e. The van der Waals surface area contributed by atoms with Crippen LogP contribution in [0.5, 0.6) is 0 Å². The summed E-state index contributed by atoms with van der Waals surface area (Å²) in [6.07, 6.45) is 3.57. The minimum absolute atomic E-state index is 0. The maximum absolute atomic E-state index is 5.64. The van der Waals surface area contributed by atoms with Crippen molar-refractivity contribution < 1.29 is 14.2 Å². The number of nitrogens with zero attached hydrogens (tertiary/aromatic N) is 2. The molecule has 0 radical (unpaired) electrons. The van der Waals surface area contributed by atoms with Crippen LogP contribution in [0, 0.1) is 0 Å². The van der Waals surface area contributed by atoms with Crippen LogP contribution in [0.2, 0.25) is 0 Å². The van der Waals surface area contributed by atoms with Crippen LogP contribution in [-0.2, 0) is 14.2 Å². The first-order chi connectivity index (χ1) is 11.3. The van der Waals surface area contributed by atoms with Crippen LogP contribution in [0.4, 0.5) is 0 Å². The molecule has 0 aromatic heterocycles. The lowest BCUT2D eigenvalue weighted by Crippen LogP contribution is -2.41. The van der Waals surface area contributed by atoms with Gasteiger partial charge in [0.15, 0.2) is 5.96 Å². The molecule has 0 aliphatic carbocycles. The number of nitrogens with one attached hydrogen (secondary N) is 2. The van der Waals surface area contributed by atoms with Gasteiger partial charge in [-0.2, -0.15) is 0 Å². The van der Waals surface area contributed by atoms with E-state index in [2.05, 4.69) is 27.6 Å². The average Bonchev–Trinajstić information content (AvgIpc) is 3.07. The van der Waals surface area contributed by atoms with E-state index in [0.29, 0.717) is 6.10 Å². The molecule has 1 rings (SSSR count). The highest BCUT2D eigenvalue weighted by Crippen LogP contribution is 2.11. The van der Waals surface area contributed by atoms with Crippen molar-refractivity contribution in [2.45, 2.75) is 25.4 Å². The van der Waals surface area contributed by atoms with Gasteiger partial charge in [-0.3, -0.25) is 4.99 Å². The number of rotatable bonds is 12. The Morgan fingerprint density at radius 2 is 2.04 bits per heavy atom. The zero-order valence-electron chi connectivity index (χ0n) is 15.4. The SMILES string of the molecule is CN=C(NCCCOCC1CCCO1)NCCN(C)CCOC.I. The second kappa shape index (κ2) is 16.3. The predicted octanol–water partition coefficient (Wildman–Crippen LogP) is 0.933. The number of hydrogen-bond acceptors (Lipinski definition) is 5. The number of hydrogen-bond donors (Lipinski definition) is 2. The van der Waals surface area contributed by atoms with Crippen LogP contribution in [0.15, 0.2) is 4.99 Å². The van der Waals surface area contributed by atoms with Crippen molar-refractivity contribution in [1.82, 2.24) is 15.5 Å². The Balaban J connectivity index is 0.00000529. The van der Waals surface area contributed by atoms with Gasteiger partial charge in [-0.1, -0.05) is 0 Å². The third kappa shape index (κ3) is 12.2. The van der Waals surface area contributed by atoms with Gasteiger partial charge in [0.2, 0.25) is 0 Å². The normalized spacial score (nSPS) is 17.8. The largest absolute Gasteiger partial charge is 0.383 e. The Labute approximate surface area is 163 Å². The summed E-state index contributed by atoms with van der Waals surface area (Å²) in [5.74, 6) is 0.837. The van der Waals surface area contributed by atoms with Crippen LogP contribution in [0.3, 0.4) is 0 Å². The summed E-state index contributed by atoms with van der Waals surface area (Å²) >= 11 is 0. The average molecular weight is 458 g/mol. The molecule has 0 amide bonds. The van der Waals surface area contributed by atoms with Gasteiger partial charge < -0.3 is 29.7 Å². The number of likely N-dealkylation sites (N-methyl/N-ethyl adjacent to an activating group) is 1. The van der Waals surface area contributed by atoms with Crippen molar-refractivity contribution in [3.63, 3.8) is 0 Å². The molecule has 1 unspecified atom stereocenters. The van der Waals surface area contributed by atoms with Gasteiger partial charge in [0.1, 0.15) is 0 Å². The summed E-state index contributed by atoms with van der Waals surface area (Å²) in [6, 6.07) is 0. The first-order valence-electron chi connectivity index (χ1n) is 8.57. The lowest BCUT2D eigenvalue weighted by molar-refractivity contribution is 0.0168. The van der Waals surface area contributed by atoms with Crippen molar-refractivity contribution >= 4 is 29.9 Å². The van der Waals surface area contributed by atoms with Crippen LogP contribution in [-0.4, -0.2) is 90.8 Å². The number of aliphatic imine (C=N–C) groups is 1. The van der Waals surface area contributed by atoms with E-state index >= 15 is 0 Å². The zero-order chi connectivity index (χ0) is 16.8. The topological polar surface area (TPSA) is 67.4 Å². The molecule has 2 N–H and O–H groups in total. The fourth-order valence-electron chi connectivity index (χ4n) is 2.32. The first-order valence-corrected chi connectivity index (χ1v) is 8.57. The van der Waals surface area contributed by atoms with Gasteiger partial charge in [0.05, 0.1) is 19.3 Å². The highest BCUT2D eigenvalue weighted by molar-refractivity contribution is 14.0. The summed E-state index contributed by atoms with van der Waals surface area (Å²) in [4.78, 5) is 6.44. The molecule has 1 aliphatic rings. The third-order valence-electron chi connectivity index (χ3n) is 3.77. The summed E-state index contributed by atoms with van der Waals surface area (Å²) in [6.45, 7) is 6.72. The maximum atomic E-state index is 5.64. The van der Waals surface area contributed by atoms with E-state index in [0.717, 1.165) is 77.8 Å². The molecule has 144 valence electrons. The van der Waals surface area contributed by atoms with E-state index < -0.39 is 0 Å². The van der Waals surface area contributed by atoms with Crippen molar-refractivity contribution in [3.8, 4) is 0 Å². The van der Waals surface area contributed by atoms with Crippen molar-refractivity contribution in [3.05, 3.63) is 0 Å². The first kappa shape index (κ1) is 23.8. The Kier molecular flexibility index (Phi) is 16.2. The highest BCUT2D eigenvalue weighted by atomic mass is 127. The van der Waals surface area contributed by atoms with Crippen molar-refractivity contribution in [2.75, 3.05) is 73.8 Å². The zero-order valence-corrected chi connectivity index (χ0v) is 17.7. The molecule has 1 aliphatic heterocycles. The van der Waals surface area contributed by atoms with Crippen LogP contribution in [0.25, 0.3) is 0 Å². The minimum atomic E-state index is 0. The fraction of sp³-hybridized carbons (Fsp3) is 0.938. The van der Waals surface area contributed by atoms with Gasteiger partial charge in [0.25, 0.3) is 0 Å². The molecular weight excluding hydrogens is 423 g/mol. The summed E-state index contributed by atoms with van der Waals surface area (Å²) in [5.41, 5.74) is 0. The second-order valence-electron chi connectivity index (χ2n) is 5.79. The molecule has 0 saturated carbocycles. The van der Waals surface area contributed by atoms with Crippen LogP contribution in [0.1, 0.15) is 19.3 Å². The molecule has 1 atom stereocenters. The Bertz CT molecular complexity index is 316. The summed E-state index contributed by atoms with van der Waals surface area (Å²) in [7, 11) is 5.60. The van der Waals surface area contributed by atoms with Gasteiger partial charge in [-0.15, -0.1) is 24.0 Å². The van der Waals surface area contributed by atoms with Gasteiger partial charge >= 0.3 is 0 Å². The Hall–Kier alpha value is -0.160. The number of ether oxygens (including phenoxy) is 3. The molecule has 0 aromatic rings. The van der Waals surface area contributed by atoms with E-state index in [4.69, 9.17) is 14.2 Å². The molecule has 0 aromatic carbocycles. The second-order valence-corrected chi connectivity index (χ2v) is 5.79. The highest BCUT2D eigenvalue weighted by Gasteiger charge is 2.14. The molecule has 0 spiro atoms. The Morgan fingerprint density at radius 3 is 2.71 bits per heavy atom. The van der Waals surface area contributed by atoms with Crippen LogP contribution < -0.4 is 10.6 Å². The van der Waals surface area contributed by atoms with E-state index in [-0.39, 0.29) is 24.0 Å². The third-order valence-corrected chi connectivity index (χ3v) is 3.77. The van der Waals surface area contributed by atoms with E-state index in [1.807, 2.05) is 0 Å². The van der Waals surface area contributed by atoms with E-state index in [1.54, 1.807) is 14.2 Å². The minimum Gasteiger partial charge on any atom is -0.383 e. The van der Waals surface area contributed by atoms with Gasteiger partial charge in [0, 0.05) is 53.6 Å². The Morgan fingerprint density at radius 1 is 1.25 bits per heavy atom. The van der Waals surface area contributed by atoms with E-state index in [9.17, 15) is 0 Å². The lowest BCUT2D eigenvalue weighted by Gasteiger charge is -2.17. The van der Waals surface area contributed by atoms with E-state index in [1.165, 1.54) is 0 Å². The molecule has 24 heavy (non-hydrogen) atoms. The summed E-state index contributed by atoms with van der Waals surface area (Å²) in [5, 5.41) is 6.61. The predicted molar refractivity (Wildman–Crippen MR) is 109 cm³/mol. The van der Waals surface area contributed by atoms with Crippen molar-refractivity contribution in [2.24, 2.45) is 4.99 Å². The molecule has 1 heterocycles. The molecule has 7 nitrogen and oxygen atoms in total. The molecule has 1 fully saturated rings. The van der Waals surface area contributed by atoms with Gasteiger partial charge in [-0.25, -0.2) is 0 Å². The smallest absolute Gasteiger partial charge is 0.191 e. The molecular formula is C16H35IN4O3. The fourth-order valence-corrected chi connectivity index (χ4v) is 2.32. The quantitative estimate of drug-likeness (QED) is 0.196. The number of halogens is 1. The summed E-state index contributed by atoms with van der Waals surface area (Å²) < 4.78 is 16.2.